The molecule has 0 radical (unpaired) electrons. The van der Waals surface area contributed by atoms with E-state index in [0.717, 1.165) is 5.56 Å². The highest BCUT2D eigenvalue weighted by Gasteiger charge is 1.99. The Kier molecular flexibility index (Phi) is 1.02. The lowest BCUT2D eigenvalue weighted by atomic mass is 9.99. The molecular formula is C10H14. The molecule has 1 aromatic rings. The predicted octanol–water partition coefficient (Wildman–Crippen LogP) is 3.12. The van der Waals surface area contributed by atoms with Crippen molar-refractivity contribution >= 4 is 0 Å². The number of hydrogen-bond acceptors (Lipinski definition) is 0. The van der Waals surface area contributed by atoms with E-state index in [-0.39, 0.29) is 30.1 Å². The van der Waals surface area contributed by atoms with Gasteiger partial charge in [-0.2, -0.15) is 0 Å². The Morgan fingerprint density at radius 3 is 2.50 bits per heavy atom. The molecule has 0 nitrogen and oxygen atoms in total. The quantitative estimate of drug-likeness (QED) is 0.559. The maximum Gasteiger partial charge on any atom is 0.0626 e. The summed E-state index contributed by atoms with van der Waals surface area (Å²) in [5.74, 6) is 0.122. The number of hydrogen-bond donors (Lipinski definition) is 0. The van der Waals surface area contributed by atoms with Gasteiger partial charge in [0.05, 0.1) is 5.48 Å². The molecule has 0 aliphatic rings. The first kappa shape index (κ1) is 3.56. The zero-order valence-corrected chi connectivity index (χ0v) is 6.58. The molecule has 54 valence electrons. The Balaban J connectivity index is 3.60. The second-order valence-electron chi connectivity index (χ2n) is 2.69. The fraction of sp³-hybridized carbons (Fsp3) is 0.400. The topological polar surface area (TPSA) is 0 Å². The molecule has 0 bridgehead atoms. The van der Waals surface area contributed by atoms with Crippen LogP contribution in [0.5, 0.6) is 0 Å². The zero-order chi connectivity index (χ0) is 11.0. The molecule has 0 fully saturated rings. The molecule has 0 unspecified atom stereocenters. The lowest BCUT2D eigenvalue weighted by Crippen LogP contribution is -1.89. The first-order valence-corrected chi connectivity index (χ1v) is 3.44. The van der Waals surface area contributed by atoms with Crippen molar-refractivity contribution in [2.75, 3.05) is 0 Å². The van der Waals surface area contributed by atoms with Gasteiger partial charge in [0, 0.05) is 0 Å². The van der Waals surface area contributed by atoms with Crippen LogP contribution in [-0.4, -0.2) is 0 Å². The largest absolute Gasteiger partial charge is 0.0626 e. The highest BCUT2D eigenvalue weighted by molar-refractivity contribution is 5.27. The molecule has 0 amide bonds. The van der Waals surface area contributed by atoms with Crippen molar-refractivity contribution in [1.82, 2.24) is 0 Å². The molecule has 0 saturated heterocycles. The van der Waals surface area contributed by atoms with E-state index in [1.807, 2.05) is 13.8 Å². The summed E-state index contributed by atoms with van der Waals surface area (Å²) < 4.78 is 30.3. The summed E-state index contributed by atoms with van der Waals surface area (Å²) in [5.41, 5.74) is 1.38. The van der Waals surface area contributed by atoms with Gasteiger partial charge in [0.15, 0.2) is 0 Å². The predicted molar refractivity (Wildman–Crippen MR) is 45.3 cm³/mol. The van der Waals surface area contributed by atoms with Crippen LogP contribution in [0.2, 0.25) is 0 Å². The maximum absolute atomic E-state index is 7.71. The summed E-state index contributed by atoms with van der Waals surface area (Å²) >= 11 is 0. The third-order valence-electron chi connectivity index (χ3n) is 1.49. The fourth-order valence-electron chi connectivity index (χ4n) is 0.962. The van der Waals surface area contributed by atoms with Crippen LogP contribution in [0.4, 0.5) is 0 Å². The molecule has 0 atom stereocenters. The van der Waals surface area contributed by atoms with Crippen LogP contribution in [0, 0.1) is 6.92 Å². The van der Waals surface area contributed by atoms with Crippen molar-refractivity contribution in [3.8, 4) is 0 Å². The highest BCUT2D eigenvalue weighted by Crippen LogP contribution is 2.17. The Bertz CT molecular complexity index is 340. The minimum atomic E-state index is -0.142. The Morgan fingerprint density at radius 2 is 1.90 bits per heavy atom. The summed E-state index contributed by atoms with van der Waals surface area (Å²) in [6.07, 6.45) is 0. The van der Waals surface area contributed by atoms with E-state index in [1.54, 1.807) is 6.92 Å². The van der Waals surface area contributed by atoms with Gasteiger partial charge in [-0.3, -0.25) is 0 Å². The summed E-state index contributed by atoms with van der Waals surface area (Å²) in [6, 6.07) is -0.102. The number of benzene rings is 1. The molecular weight excluding hydrogens is 120 g/mol. The second-order valence-corrected chi connectivity index (χ2v) is 2.69. The first-order chi connectivity index (χ1) is 6.37. The lowest BCUT2D eigenvalue weighted by molar-refractivity contribution is 0.856. The van der Waals surface area contributed by atoms with Crippen LogP contribution in [0.15, 0.2) is 24.2 Å². The molecule has 1 rings (SSSR count). The van der Waals surface area contributed by atoms with Crippen LogP contribution in [-0.2, 0) is 0 Å². The van der Waals surface area contributed by atoms with Crippen LogP contribution < -0.4 is 0 Å². The number of rotatable bonds is 1. The van der Waals surface area contributed by atoms with Gasteiger partial charge in [-0.1, -0.05) is 38.0 Å². The SMILES string of the molecule is [2H]c1c([2H])c([2H])c(C(C)C)c(C)c1[2H]. The van der Waals surface area contributed by atoms with Gasteiger partial charge in [-0.15, -0.1) is 0 Å². The molecule has 0 aliphatic heterocycles. The highest BCUT2D eigenvalue weighted by atomic mass is 14.0. The first-order valence-electron chi connectivity index (χ1n) is 5.44. The molecule has 0 heteroatoms. The van der Waals surface area contributed by atoms with Crippen LogP contribution in [0.25, 0.3) is 0 Å². The van der Waals surface area contributed by atoms with Crippen LogP contribution >= 0.6 is 0 Å². The third-order valence-corrected chi connectivity index (χ3v) is 1.49. The molecule has 0 spiro atoms. The molecule has 0 N–H and O–H groups in total. The smallest absolute Gasteiger partial charge is 0.0620 e. The van der Waals surface area contributed by atoms with Gasteiger partial charge < -0.3 is 0 Å². The van der Waals surface area contributed by atoms with Crippen molar-refractivity contribution < 1.29 is 5.48 Å². The van der Waals surface area contributed by atoms with Gasteiger partial charge in [0.2, 0.25) is 0 Å². The van der Waals surface area contributed by atoms with Crippen molar-refractivity contribution in [3.63, 3.8) is 0 Å². The summed E-state index contributed by atoms with van der Waals surface area (Å²) in [7, 11) is 0. The van der Waals surface area contributed by atoms with E-state index in [2.05, 4.69) is 0 Å². The average molecular weight is 138 g/mol. The van der Waals surface area contributed by atoms with Crippen LogP contribution in [0.1, 0.15) is 36.4 Å². The second kappa shape index (κ2) is 2.87. The molecule has 0 saturated carbocycles. The lowest BCUT2D eigenvalue weighted by Gasteiger charge is -2.07. The standard InChI is InChI=1S/C10H14/c1-8(2)10-7-5-4-6-9(10)3/h4-8H,1-3H3/i4D,5D,6D,7D. The molecule has 1 aromatic carbocycles. The van der Waals surface area contributed by atoms with Gasteiger partial charge in [0.1, 0.15) is 0 Å². The van der Waals surface area contributed by atoms with E-state index in [4.69, 9.17) is 5.48 Å². The van der Waals surface area contributed by atoms with Gasteiger partial charge in [-0.05, 0) is 24.0 Å². The summed E-state index contributed by atoms with van der Waals surface area (Å²) in [5, 5.41) is 0. The maximum atomic E-state index is 7.71. The molecule has 0 aromatic heterocycles. The van der Waals surface area contributed by atoms with Gasteiger partial charge in [-0.25, -0.2) is 0 Å². The van der Waals surface area contributed by atoms with E-state index < -0.39 is 0 Å². The van der Waals surface area contributed by atoms with E-state index in [1.165, 1.54) is 0 Å². The van der Waals surface area contributed by atoms with Crippen molar-refractivity contribution in [2.45, 2.75) is 26.7 Å². The summed E-state index contributed by atoms with van der Waals surface area (Å²) in [6.45, 7) is 5.61. The Morgan fingerprint density at radius 1 is 1.30 bits per heavy atom. The van der Waals surface area contributed by atoms with Gasteiger partial charge >= 0.3 is 0 Å². The summed E-state index contributed by atoms with van der Waals surface area (Å²) in [4.78, 5) is 0. The van der Waals surface area contributed by atoms with E-state index >= 15 is 0 Å². The monoisotopic (exact) mass is 138 g/mol. The molecule has 10 heavy (non-hydrogen) atoms. The van der Waals surface area contributed by atoms with E-state index in [0.29, 0.717) is 5.56 Å². The molecule has 0 heterocycles. The van der Waals surface area contributed by atoms with Crippen LogP contribution in [0.3, 0.4) is 0 Å². The van der Waals surface area contributed by atoms with Crippen molar-refractivity contribution in [3.05, 3.63) is 35.3 Å². The normalized spacial score (nSPS) is 16.0. The van der Waals surface area contributed by atoms with Crippen molar-refractivity contribution in [2.24, 2.45) is 0 Å². The molecule has 0 aliphatic carbocycles. The average Bonchev–Trinajstić information content (AvgIpc) is 2.11. The minimum Gasteiger partial charge on any atom is -0.0620 e. The zero-order valence-electron chi connectivity index (χ0n) is 10.6. The van der Waals surface area contributed by atoms with E-state index in [9.17, 15) is 0 Å². The van der Waals surface area contributed by atoms with Crippen molar-refractivity contribution in [1.29, 1.82) is 0 Å². The Labute approximate surface area is 68.5 Å². The minimum absolute atomic E-state index is 0.0784. The van der Waals surface area contributed by atoms with Gasteiger partial charge in [0.25, 0.3) is 0 Å². The Hall–Kier alpha value is -0.780. The fourth-order valence-corrected chi connectivity index (χ4v) is 0.962. The third kappa shape index (κ3) is 1.38.